The molecule has 0 amide bonds. The molecule has 0 fully saturated rings. The molecule has 5 heteroatoms. The minimum absolute atomic E-state index is 0.0323. The lowest BCUT2D eigenvalue weighted by atomic mass is 9.98. The molecule has 0 saturated carbocycles. The molecule has 4 rings (SSSR count). The molecule has 2 atom stereocenters. The number of thiophene rings is 1. The third-order valence-corrected chi connectivity index (χ3v) is 6.18. The normalized spacial score (nSPS) is 13.6. The lowest BCUT2D eigenvalue weighted by molar-refractivity contribution is 0.500. The van der Waals surface area contributed by atoms with E-state index < -0.39 is 0 Å². The molecular formula is C25H27N3OS. The summed E-state index contributed by atoms with van der Waals surface area (Å²) in [6, 6.07) is 20.4. The highest BCUT2D eigenvalue weighted by Crippen LogP contribution is 2.29. The maximum absolute atomic E-state index is 12.5. The van der Waals surface area contributed by atoms with Crippen LogP contribution in [0, 0.1) is 5.92 Å². The maximum Gasteiger partial charge on any atom is 0.258 e. The number of hydrogen-bond acceptors (Lipinski definition) is 4. The van der Waals surface area contributed by atoms with Gasteiger partial charge in [-0.2, -0.15) is 0 Å². The minimum Gasteiger partial charge on any atom is -0.309 e. The van der Waals surface area contributed by atoms with Gasteiger partial charge in [0.05, 0.1) is 23.0 Å². The molecule has 0 radical (unpaired) electrons. The summed E-state index contributed by atoms with van der Waals surface area (Å²) in [7, 11) is 0. The average molecular weight is 418 g/mol. The standard InChI is InChI=1S/C25H27N3OS/c1-16(2)15-18-10-12-19(13-11-18)23(22-9-6-14-30-22)26-17(3)24-27-21-8-5-4-7-20(21)25(29)28-24/h4-14,16-17,23,26H,15H2,1-3H3,(H,27,28,29)/t17-,23-/m0/s1. The summed E-state index contributed by atoms with van der Waals surface area (Å²) in [5.41, 5.74) is 3.18. The molecule has 0 spiro atoms. The molecule has 2 heterocycles. The summed E-state index contributed by atoms with van der Waals surface area (Å²) in [5, 5.41) is 6.39. The van der Waals surface area contributed by atoms with E-state index in [-0.39, 0.29) is 17.6 Å². The molecule has 4 aromatic rings. The Bertz CT molecular complexity index is 1160. The van der Waals surface area contributed by atoms with Crippen molar-refractivity contribution < 1.29 is 0 Å². The van der Waals surface area contributed by atoms with E-state index in [2.05, 4.69) is 65.9 Å². The molecule has 0 unspecified atom stereocenters. The molecule has 0 aliphatic rings. The Labute approximate surface area is 181 Å². The Morgan fingerprint density at radius 1 is 1.00 bits per heavy atom. The highest BCUT2D eigenvalue weighted by atomic mass is 32.1. The summed E-state index contributed by atoms with van der Waals surface area (Å²) in [6.45, 7) is 6.52. The van der Waals surface area contributed by atoms with Crippen LogP contribution in [0.5, 0.6) is 0 Å². The SMILES string of the molecule is CC(C)Cc1ccc([C@H](N[C@@H](C)c2nc3ccccc3c(=O)[nH]2)c2cccs2)cc1. The van der Waals surface area contributed by atoms with Crippen LogP contribution in [0.2, 0.25) is 0 Å². The van der Waals surface area contributed by atoms with Crippen molar-refractivity contribution in [2.24, 2.45) is 5.92 Å². The molecule has 4 nitrogen and oxygen atoms in total. The van der Waals surface area contributed by atoms with Gasteiger partial charge in [0, 0.05) is 4.88 Å². The summed E-state index contributed by atoms with van der Waals surface area (Å²) in [4.78, 5) is 21.4. The van der Waals surface area contributed by atoms with Crippen LogP contribution in [0.15, 0.2) is 70.8 Å². The van der Waals surface area contributed by atoms with Crippen LogP contribution >= 0.6 is 11.3 Å². The number of para-hydroxylation sites is 1. The van der Waals surface area contributed by atoms with E-state index >= 15 is 0 Å². The smallest absolute Gasteiger partial charge is 0.258 e. The van der Waals surface area contributed by atoms with Gasteiger partial charge in [0.15, 0.2) is 0 Å². The van der Waals surface area contributed by atoms with Gasteiger partial charge >= 0.3 is 0 Å². The number of nitrogens with zero attached hydrogens (tertiary/aromatic N) is 1. The van der Waals surface area contributed by atoms with Gasteiger partial charge in [0.25, 0.3) is 5.56 Å². The zero-order valence-electron chi connectivity index (χ0n) is 17.6. The van der Waals surface area contributed by atoms with Crippen LogP contribution in [0.4, 0.5) is 0 Å². The first-order chi connectivity index (χ1) is 14.5. The summed E-state index contributed by atoms with van der Waals surface area (Å²) >= 11 is 1.73. The number of hydrogen-bond donors (Lipinski definition) is 2. The van der Waals surface area contributed by atoms with Gasteiger partial charge in [-0.25, -0.2) is 4.98 Å². The highest BCUT2D eigenvalue weighted by Gasteiger charge is 2.20. The Kier molecular flexibility index (Phi) is 6.11. The quantitative estimate of drug-likeness (QED) is 0.410. The van der Waals surface area contributed by atoms with E-state index in [9.17, 15) is 4.79 Å². The van der Waals surface area contributed by atoms with Gasteiger partial charge in [-0.1, -0.05) is 56.3 Å². The monoisotopic (exact) mass is 417 g/mol. The van der Waals surface area contributed by atoms with Crippen molar-refractivity contribution in [3.05, 3.63) is 98.2 Å². The summed E-state index contributed by atoms with van der Waals surface area (Å²) in [5.74, 6) is 1.29. The lowest BCUT2D eigenvalue weighted by Gasteiger charge is -2.23. The van der Waals surface area contributed by atoms with Crippen LogP contribution in [0.25, 0.3) is 10.9 Å². The van der Waals surface area contributed by atoms with Crippen molar-refractivity contribution in [2.75, 3.05) is 0 Å². The highest BCUT2D eigenvalue weighted by molar-refractivity contribution is 7.10. The Morgan fingerprint density at radius 3 is 2.47 bits per heavy atom. The first-order valence-corrected chi connectivity index (χ1v) is 11.3. The van der Waals surface area contributed by atoms with Crippen LogP contribution in [0.1, 0.15) is 54.7 Å². The number of rotatable bonds is 7. The van der Waals surface area contributed by atoms with Crippen molar-refractivity contribution in [2.45, 2.75) is 39.3 Å². The van der Waals surface area contributed by atoms with E-state index in [0.717, 1.165) is 11.9 Å². The molecule has 0 aliphatic carbocycles. The first kappa shape index (κ1) is 20.5. The van der Waals surface area contributed by atoms with E-state index in [0.29, 0.717) is 17.1 Å². The zero-order chi connectivity index (χ0) is 21.1. The van der Waals surface area contributed by atoms with Gasteiger partial charge in [-0.15, -0.1) is 11.3 Å². The van der Waals surface area contributed by atoms with Crippen LogP contribution < -0.4 is 10.9 Å². The zero-order valence-corrected chi connectivity index (χ0v) is 18.4. The van der Waals surface area contributed by atoms with Crippen molar-refractivity contribution in [1.29, 1.82) is 0 Å². The molecule has 0 aliphatic heterocycles. The molecule has 2 aromatic heterocycles. The lowest BCUT2D eigenvalue weighted by Crippen LogP contribution is -2.28. The Balaban J connectivity index is 1.63. The van der Waals surface area contributed by atoms with E-state index in [4.69, 9.17) is 4.98 Å². The van der Waals surface area contributed by atoms with Crippen LogP contribution in [0.3, 0.4) is 0 Å². The number of aromatic nitrogens is 2. The molecule has 0 saturated heterocycles. The Morgan fingerprint density at radius 2 is 1.77 bits per heavy atom. The fourth-order valence-electron chi connectivity index (χ4n) is 3.75. The molecule has 2 N–H and O–H groups in total. The maximum atomic E-state index is 12.5. The number of aromatic amines is 1. The largest absolute Gasteiger partial charge is 0.309 e. The Hall–Kier alpha value is -2.76. The molecule has 30 heavy (non-hydrogen) atoms. The second-order valence-corrected chi connectivity index (χ2v) is 9.12. The van der Waals surface area contributed by atoms with Crippen molar-refractivity contribution in [1.82, 2.24) is 15.3 Å². The van der Waals surface area contributed by atoms with Crippen molar-refractivity contribution >= 4 is 22.2 Å². The fraction of sp³-hybridized carbons (Fsp3) is 0.280. The van der Waals surface area contributed by atoms with Gasteiger partial charge in [0.2, 0.25) is 0 Å². The van der Waals surface area contributed by atoms with E-state index in [1.54, 1.807) is 17.4 Å². The number of fused-ring (bicyclic) bond motifs is 1. The molecular weight excluding hydrogens is 390 g/mol. The van der Waals surface area contributed by atoms with Crippen LogP contribution in [-0.2, 0) is 6.42 Å². The summed E-state index contributed by atoms with van der Waals surface area (Å²) in [6.07, 6.45) is 1.08. The average Bonchev–Trinajstić information content (AvgIpc) is 3.27. The van der Waals surface area contributed by atoms with Gasteiger partial charge in [0.1, 0.15) is 5.82 Å². The number of H-pyrrole nitrogens is 1. The number of nitrogens with one attached hydrogen (secondary N) is 2. The van der Waals surface area contributed by atoms with Gasteiger partial charge in [-0.05, 0) is 54.0 Å². The fourth-order valence-corrected chi connectivity index (χ4v) is 4.57. The topological polar surface area (TPSA) is 57.8 Å². The molecule has 0 bridgehead atoms. The predicted molar refractivity (Wildman–Crippen MR) is 125 cm³/mol. The summed E-state index contributed by atoms with van der Waals surface area (Å²) < 4.78 is 0. The van der Waals surface area contributed by atoms with Crippen molar-refractivity contribution in [3.63, 3.8) is 0 Å². The predicted octanol–water partition coefficient (Wildman–Crippen LogP) is 5.62. The third-order valence-electron chi connectivity index (χ3n) is 5.24. The second-order valence-electron chi connectivity index (χ2n) is 8.14. The van der Waals surface area contributed by atoms with E-state index in [1.165, 1.54) is 16.0 Å². The van der Waals surface area contributed by atoms with Gasteiger partial charge < -0.3 is 4.98 Å². The number of benzene rings is 2. The van der Waals surface area contributed by atoms with Gasteiger partial charge in [-0.3, -0.25) is 10.1 Å². The molecule has 2 aromatic carbocycles. The molecule has 154 valence electrons. The van der Waals surface area contributed by atoms with Crippen molar-refractivity contribution in [3.8, 4) is 0 Å². The van der Waals surface area contributed by atoms with Crippen LogP contribution in [-0.4, -0.2) is 9.97 Å². The second kappa shape index (κ2) is 8.94. The van der Waals surface area contributed by atoms with E-state index in [1.807, 2.05) is 25.1 Å². The third kappa shape index (κ3) is 4.53. The first-order valence-electron chi connectivity index (χ1n) is 10.4. The minimum atomic E-state index is -0.121.